The molecule has 0 saturated carbocycles. The number of nitrogens with zero attached hydrogens (tertiary/aromatic N) is 2. The molecule has 1 N–H and O–H groups in total. The van der Waals surface area contributed by atoms with E-state index in [1.54, 1.807) is 17.2 Å². The smallest absolute Gasteiger partial charge is 0.240 e. The van der Waals surface area contributed by atoms with E-state index in [0.717, 1.165) is 31.6 Å². The van der Waals surface area contributed by atoms with Crippen LogP contribution in [0.2, 0.25) is 0 Å². The van der Waals surface area contributed by atoms with Crippen LogP contribution in [0.4, 0.5) is 0 Å². The molecule has 1 aliphatic rings. The Morgan fingerprint density at radius 3 is 3.11 bits per heavy atom. The zero-order valence-electron chi connectivity index (χ0n) is 11.0. The minimum Gasteiger partial charge on any atom is -0.467 e. The standard InChI is InChI=1S/C14H19N3O2/c15-7-4-9-17(11-12-5-3-10-19-12)14(18)13-6-1-2-8-16-13/h3,5,10,13,16H,1-2,4,6,8-9,11H2/t13-/m1/s1. The van der Waals surface area contributed by atoms with Gasteiger partial charge in [-0.2, -0.15) is 5.26 Å². The van der Waals surface area contributed by atoms with Gasteiger partial charge >= 0.3 is 0 Å². The highest BCUT2D eigenvalue weighted by Crippen LogP contribution is 2.13. The summed E-state index contributed by atoms with van der Waals surface area (Å²) in [6.07, 6.45) is 5.02. The fraction of sp³-hybridized carbons (Fsp3) is 0.571. The van der Waals surface area contributed by atoms with E-state index in [2.05, 4.69) is 11.4 Å². The van der Waals surface area contributed by atoms with Crippen LogP contribution in [-0.2, 0) is 11.3 Å². The zero-order chi connectivity index (χ0) is 13.5. The molecule has 0 bridgehead atoms. The molecule has 0 aromatic carbocycles. The second-order valence-corrected chi connectivity index (χ2v) is 4.75. The highest BCUT2D eigenvalue weighted by atomic mass is 16.3. The summed E-state index contributed by atoms with van der Waals surface area (Å²) in [5, 5.41) is 12.0. The number of piperidine rings is 1. The first kappa shape index (κ1) is 13.6. The van der Waals surface area contributed by atoms with Gasteiger partial charge in [-0.05, 0) is 31.5 Å². The number of amides is 1. The molecule has 5 heteroatoms. The molecule has 0 aliphatic carbocycles. The molecule has 1 aromatic rings. The van der Waals surface area contributed by atoms with Gasteiger partial charge in [0.25, 0.3) is 0 Å². The van der Waals surface area contributed by atoms with Crippen LogP contribution in [0.25, 0.3) is 0 Å². The third-order valence-electron chi connectivity index (χ3n) is 3.34. The van der Waals surface area contributed by atoms with Crippen LogP contribution in [0.1, 0.15) is 31.4 Å². The molecule has 1 saturated heterocycles. The first-order valence-corrected chi connectivity index (χ1v) is 6.73. The fourth-order valence-electron chi connectivity index (χ4n) is 2.33. The van der Waals surface area contributed by atoms with Gasteiger partial charge < -0.3 is 14.6 Å². The van der Waals surface area contributed by atoms with Crippen LogP contribution in [-0.4, -0.2) is 29.9 Å². The topological polar surface area (TPSA) is 69.3 Å². The molecule has 1 atom stereocenters. The number of furan rings is 1. The van der Waals surface area contributed by atoms with E-state index in [1.165, 1.54) is 0 Å². The largest absolute Gasteiger partial charge is 0.467 e. The van der Waals surface area contributed by atoms with Crippen molar-refractivity contribution in [2.24, 2.45) is 0 Å². The van der Waals surface area contributed by atoms with Crippen molar-refractivity contribution in [3.05, 3.63) is 24.2 Å². The number of carbonyl (C=O) groups is 1. The van der Waals surface area contributed by atoms with Crippen LogP contribution in [0, 0.1) is 11.3 Å². The van der Waals surface area contributed by atoms with E-state index in [4.69, 9.17) is 9.68 Å². The van der Waals surface area contributed by atoms with Crippen LogP contribution in [0.15, 0.2) is 22.8 Å². The van der Waals surface area contributed by atoms with Gasteiger partial charge in [-0.25, -0.2) is 0 Å². The number of carbonyl (C=O) groups excluding carboxylic acids is 1. The van der Waals surface area contributed by atoms with Crippen molar-refractivity contribution in [1.82, 2.24) is 10.2 Å². The molecule has 0 radical (unpaired) electrons. The van der Waals surface area contributed by atoms with Crippen LogP contribution in [0.5, 0.6) is 0 Å². The maximum atomic E-state index is 12.4. The van der Waals surface area contributed by atoms with Crippen LogP contribution < -0.4 is 5.32 Å². The van der Waals surface area contributed by atoms with Crippen molar-refractivity contribution in [3.63, 3.8) is 0 Å². The molecular weight excluding hydrogens is 242 g/mol. The SMILES string of the molecule is N#CCCN(Cc1ccco1)C(=O)[C@H]1CCCCN1. The van der Waals surface area contributed by atoms with Gasteiger partial charge in [-0.3, -0.25) is 4.79 Å². The minimum atomic E-state index is -0.109. The van der Waals surface area contributed by atoms with Crippen LogP contribution >= 0.6 is 0 Å². The summed E-state index contributed by atoms with van der Waals surface area (Å²) >= 11 is 0. The normalized spacial score (nSPS) is 18.8. The van der Waals surface area contributed by atoms with Crippen molar-refractivity contribution < 1.29 is 9.21 Å². The monoisotopic (exact) mass is 261 g/mol. The summed E-state index contributed by atoms with van der Waals surface area (Å²) in [6.45, 7) is 1.78. The van der Waals surface area contributed by atoms with E-state index in [1.807, 2.05) is 6.07 Å². The van der Waals surface area contributed by atoms with Crippen molar-refractivity contribution in [2.45, 2.75) is 38.3 Å². The summed E-state index contributed by atoms with van der Waals surface area (Å²) in [7, 11) is 0. The Labute approximate surface area is 113 Å². The first-order valence-electron chi connectivity index (χ1n) is 6.73. The molecule has 0 unspecified atom stereocenters. The zero-order valence-corrected chi connectivity index (χ0v) is 11.0. The molecule has 1 fully saturated rings. The van der Waals surface area contributed by atoms with E-state index < -0.39 is 0 Å². The average molecular weight is 261 g/mol. The first-order chi connectivity index (χ1) is 9.31. The fourth-order valence-corrected chi connectivity index (χ4v) is 2.33. The third kappa shape index (κ3) is 3.83. The molecule has 2 rings (SSSR count). The van der Waals surface area contributed by atoms with Crippen molar-refractivity contribution in [2.75, 3.05) is 13.1 Å². The second-order valence-electron chi connectivity index (χ2n) is 4.75. The van der Waals surface area contributed by atoms with E-state index >= 15 is 0 Å². The van der Waals surface area contributed by atoms with E-state index in [0.29, 0.717) is 19.5 Å². The molecule has 2 heterocycles. The lowest BCUT2D eigenvalue weighted by molar-refractivity contribution is -0.134. The summed E-state index contributed by atoms with van der Waals surface area (Å²) in [5.41, 5.74) is 0. The molecule has 1 aromatic heterocycles. The maximum absolute atomic E-state index is 12.4. The van der Waals surface area contributed by atoms with E-state index in [-0.39, 0.29) is 11.9 Å². The highest BCUT2D eigenvalue weighted by Gasteiger charge is 2.25. The predicted molar refractivity (Wildman–Crippen MR) is 70.0 cm³/mol. The molecule has 5 nitrogen and oxygen atoms in total. The second kappa shape index (κ2) is 6.95. The summed E-state index contributed by atoms with van der Waals surface area (Å²) in [6, 6.07) is 5.64. The predicted octanol–water partition coefficient (Wildman–Crippen LogP) is 1.66. The molecular formula is C14H19N3O2. The Balaban J connectivity index is 1.99. The number of nitriles is 1. The molecule has 19 heavy (non-hydrogen) atoms. The van der Waals surface area contributed by atoms with Gasteiger partial charge in [-0.15, -0.1) is 0 Å². The molecule has 1 aliphatic heterocycles. The lowest BCUT2D eigenvalue weighted by Crippen LogP contribution is -2.48. The summed E-state index contributed by atoms with van der Waals surface area (Å²) in [4.78, 5) is 14.2. The molecule has 1 amide bonds. The van der Waals surface area contributed by atoms with Crippen molar-refractivity contribution >= 4 is 5.91 Å². The Bertz CT molecular complexity index is 430. The quantitative estimate of drug-likeness (QED) is 0.875. The Kier molecular flexibility index (Phi) is 4.99. The van der Waals surface area contributed by atoms with Gasteiger partial charge in [0, 0.05) is 6.54 Å². The molecule has 0 spiro atoms. The highest BCUT2D eigenvalue weighted by molar-refractivity contribution is 5.82. The summed E-state index contributed by atoms with van der Waals surface area (Å²) in [5.74, 6) is 0.827. The van der Waals surface area contributed by atoms with Crippen molar-refractivity contribution in [1.29, 1.82) is 5.26 Å². The van der Waals surface area contributed by atoms with Crippen LogP contribution in [0.3, 0.4) is 0 Å². The number of nitrogens with one attached hydrogen (secondary N) is 1. The maximum Gasteiger partial charge on any atom is 0.240 e. The Morgan fingerprint density at radius 1 is 1.58 bits per heavy atom. The van der Waals surface area contributed by atoms with Gasteiger partial charge in [0.15, 0.2) is 0 Å². The van der Waals surface area contributed by atoms with E-state index in [9.17, 15) is 4.79 Å². The lowest BCUT2D eigenvalue weighted by Gasteiger charge is -2.29. The number of hydrogen-bond donors (Lipinski definition) is 1. The lowest BCUT2D eigenvalue weighted by atomic mass is 10.0. The van der Waals surface area contributed by atoms with Crippen molar-refractivity contribution in [3.8, 4) is 6.07 Å². The number of hydrogen-bond acceptors (Lipinski definition) is 4. The van der Waals surface area contributed by atoms with Gasteiger partial charge in [0.2, 0.25) is 5.91 Å². The minimum absolute atomic E-state index is 0.0753. The number of rotatable bonds is 5. The average Bonchev–Trinajstić information content (AvgIpc) is 2.96. The Hall–Kier alpha value is -1.80. The van der Waals surface area contributed by atoms with Gasteiger partial charge in [0.05, 0.1) is 31.3 Å². The Morgan fingerprint density at radius 2 is 2.47 bits per heavy atom. The third-order valence-corrected chi connectivity index (χ3v) is 3.34. The van der Waals surface area contributed by atoms with Gasteiger partial charge in [0.1, 0.15) is 5.76 Å². The molecule has 102 valence electrons. The van der Waals surface area contributed by atoms with Gasteiger partial charge in [-0.1, -0.05) is 6.42 Å². The summed E-state index contributed by atoms with van der Waals surface area (Å²) < 4.78 is 5.28.